The maximum atomic E-state index is 10.9. The number of hydrogen-bond donors (Lipinski definition) is 2. The number of rotatable bonds is 4. The smallest absolute Gasteiger partial charge is 0.335 e. The molecule has 98 valence electrons. The van der Waals surface area contributed by atoms with Gasteiger partial charge in [-0.25, -0.2) is 9.78 Å². The average molecular weight is 276 g/mol. The first-order valence-corrected chi connectivity index (χ1v) is 6.41. The molecule has 1 amide bonds. The van der Waals surface area contributed by atoms with Crippen molar-refractivity contribution in [1.82, 2.24) is 4.98 Å². The molecule has 0 unspecified atom stereocenters. The molecule has 19 heavy (non-hydrogen) atoms. The van der Waals surface area contributed by atoms with Crippen LogP contribution in [0.2, 0.25) is 0 Å². The first kappa shape index (κ1) is 13.2. The summed E-state index contributed by atoms with van der Waals surface area (Å²) in [7, 11) is 0. The van der Waals surface area contributed by atoms with Gasteiger partial charge in [-0.3, -0.25) is 4.79 Å². The molecule has 1 aromatic carbocycles. The van der Waals surface area contributed by atoms with Gasteiger partial charge in [-0.05, 0) is 17.7 Å². The standard InChI is InChI=1S/C13H12N2O3S/c1-8(16)15-13-14-7-11(19-13)6-9-3-2-4-10(5-9)12(17)18/h2-5,7H,6H2,1H3,(H,17,18)(H,14,15,16). The maximum absolute atomic E-state index is 10.9. The van der Waals surface area contributed by atoms with Gasteiger partial charge in [0, 0.05) is 24.4 Å². The van der Waals surface area contributed by atoms with E-state index in [0.29, 0.717) is 11.6 Å². The summed E-state index contributed by atoms with van der Waals surface area (Å²) in [5.74, 6) is -1.10. The summed E-state index contributed by atoms with van der Waals surface area (Å²) in [5.41, 5.74) is 1.17. The van der Waals surface area contributed by atoms with Crippen LogP contribution in [-0.2, 0) is 11.2 Å². The molecule has 0 aliphatic rings. The maximum Gasteiger partial charge on any atom is 0.335 e. The van der Waals surface area contributed by atoms with E-state index in [0.717, 1.165) is 10.4 Å². The third kappa shape index (κ3) is 3.62. The van der Waals surface area contributed by atoms with Crippen molar-refractivity contribution in [3.63, 3.8) is 0 Å². The minimum Gasteiger partial charge on any atom is -0.478 e. The van der Waals surface area contributed by atoms with Crippen LogP contribution in [0.15, 0.2) is 30.5 Å². The predicted molar refractivity (Wildman–Crippen MR) is 72.6 cm³/mol. The Morgan fingerprint density at radius 1 is 1.42 bits per heavy atom. The molecule has 5 nitrogen and oxygen atoms in total. The third-order valence-electron chi connectivity index (χ3n) is 2.39. The molecule has 2 rings (SSSR count). The molecule has 0 aliphatic carbocycles. The van der Waals surface area contributed by atoms with Gasteiger partial charge in [0.1, 0.15) is 0 Å². The Kier molecular flexibility index (Phi) is 3.91. The van der Waals surface area contributed by atoms with Gasteiger partial charge in [-0.15, -0.1) is 11.3 Å². The van der Waals surface area contributed by atoms with Crippen molar-refractivity contribution in [3.8, 4) is 0 Å². The number of hydrogen-bond acceptors (Lipinski definition) is 4. The second-order valence-electron chi connectivity index (χ2n) is 4.00. The lowest BCUT2D eigenvalue weighted by atomic mass is 10.1. The number of nitrogens with one attached hydrogen (secondary N) is 1. The van der Waals surface area contributed by atoms with Crippen LogP contribution in [0.4, 0.5) is 5.13 Å². The molecule has 6 heteroatoms. The molecular weight excluding hydrogens is 264 g/mol. The van der Waals surface area contributed by atoms with E-state index in [1.165, 1.54) is 18.3 Å². The van der Waals surface area contributed by atoms with E-state index in [-0.39, 0.29) is 11.5 Å². The number of nitrogens with zero attached hydrogens (tertiary/aromatic N) is 1. The van der Waals surface area contributed by atoms with Crippen molar-refractivity contribution in [2.45, 2.75) is 13.3 Å². The van der Waals surface area contributed by atoms with Crippen LogP contribution in [0.3, 0.4) is 0 Å². The van der Waals surface area contributed by atoms with E-state index in [2.05, 4.69) is 10.3 Å². The summed E-state index contributed by atoms with van der Waals surface area (Å²) in [5, 5.41) is 12.1. The van der Waals surface area contributed by atoms with Crippen LogP contribution in [0.25, 0.3) is 0 Å². The van der Waals surface area contributed by atoms with E-state index in [9.17, 15) is 9.59 Å². The SMILES string of the molecule is CC(=O)Nc1ncc(Cc2cccc(C(=O)O)c2)s1. The summed E-state index contributed by atoms with van der Waals surface area (Å²) in [6.45, 7) is 1.43. The number of carbonyl (C=O) groups excluding carboxylic acids is 1. The lowest BCUT2D eigenvalue weighted by molar-refractivity contribution is -0.114. The summed E-state index contributed by atoms with van der Waals surface area (Å²) in [6, 6.07) is 6.78. The van der Waals surface area contributed by atoms with Gasteiger partial charge >= 0.3 is 5.97 Å². The zero-order chi connectivity index (χ0) is 13.8. The number of amides is 1. The first-order chi connectivity index (χ1) is 9.04. The molecule has 1 aromatic heterocycles. The lowest BCUT2D eigenvalue weighted by Crippen LogP contribution is -2.04. The normalized spacial score (nSPS) is 10.2. The largest absolute Gasteiger partial charge is 0.478 e. The van der Waals surface area contributed by atoms with Crippen molar-refractivity contribution in [1.29, 1.82) is 0 Å². The number of aromatic nitrogens is 1. The van der Waals surface area contributed by atoms with Crippen molar-refractivity contribution in [2.24, 2.45) is 0 Å². The van der Waals surface area contributed by atoms with Gasteiger partial charge in [0.05, 0.1) is 5.56 Å². The number of aromatic carboxylic acids is 1. The fraction of sp³-hybridized carbons (Fsp3) is 0.154. The number of carboxylic acid groups (broad SMARTS) is 1. The van der Waals surface area contributed by atoms with Crippen molar-refractivity contribution >= 4 is 28.3 Å². The van der Waals surface area contributed by atoms with Gasteiger partial charge in [0.25, 0.3) is 0 Å². The molecule has 0 radical (unpaired) electrons. The summed E-state index contributed by atoms with van der Waals surface area (Å²) >= 11 is 1.38. The highest BCUT2D eigenvalue weighted by Gasteiger charge is 2.07. The van der Waals surface area contributed by atoms with Crippen LogP contribution in [-0.4, -0.2) is 22.0 Å². The molecule has 0 fully saturated rings. The Morgan fingerprint density at radius 3 is 2.89 bits per heavy atom. The summed E-state index contributed by atoms with van der Waals surface area (Å²) < 4.78 is 0. The third-order valence-corrected chi connectivity index (χ3v) is 3.30. The average Bonchev–Trinajstić information content (AvgIpc) is 2.76. The second kappa shape index (κ2) is 5.62. The number of benzene rings is 1. The van der Waals surface area contributed by atoms with E-state index in [1.54, 1.807) is 24.4 Å². The highest BCUT2D eigenvalue weighted by molar-refractivity contribution is 7.15. The Bertz CT molecular complexity index is 622. The minimum absolute atomic E-state index is 0.159. The molecule has 0 saturated carbocycles. The number of carbonyl (C=O) groups is 2. The lowest BCUT2D eigenvalue weighted by Gasteiger charge is -2.00. The van der Waals surface area contributed by atoms with E-state index >= 15 is 0 Å². The van der Waals surface area contributed by atoms with E-state index in [4.69, 9.17) is 5.11 Å². The molecule has 0 aliphatic heterocycles. The Morgan fingerprint density at radius 2 is 2.21 bits per heavy atom. The zero-order valence-corrected chi connectivity index (χ0v) is 11.0. The molecule has 1 heterocycles. The van der Waals surface area contributed by atoms with Gasteiger partial charge in [0.2, 0.25) is 5.91 Å². The van der Waals surface area contributed by atoms with Gasteiger partial charge < -0.3 is 10.4 Å². The minimum atomic E-state index is -0.940. The first-order valence-electron chi connectivity index (χ1n) is 5.59. The Hall–Kier alpha value is -2.21. The molecule has 0 bridgehead atoms. The molecular formula is C13H12N2O3S. The Balaban J connectivity index is 2.12. The fourth-order valence-corrected chi connectivity index (χ4v) is 2.51. The quantitative estimate of drug-likeness (QED) is 0.898. The number of carboxylic acids is 1. The topological polar surface area (TPSA) is 79.3 Å². The zero-order valence-electron chi connectivity index (χ0n) is 10.2. The molecule has 2 N–H and O–H groups in total. The fourth-order valence-electron chi connectivity index (χ4n) is 1.61. The molecule has 2 aromatic rings. The van der Waals surface area contributed by atoms with Crippen LogP contribution in [0, 0.1) is 0 Å². The summed E-state index contributed by atoms with van der Waals surface area (Å²) in [6.07, 6.45) is 2.28. The van der Waals surface area contributed by atoms with Gasteiger partial charge in [0.15, 0.2) is 5.13 Å². The number of thiazole rings is 1. The highest BCUT2D eigenvalue weighted by Crippen LogP contribution is 2.21. The second-order valence-corrected chi connectivity index (χ2v) is 5.11. The van der Waals surface area contributed by atoms with E-state index < -0.39 is 5.97 Å². The molecule has 0 saturated heterocycles. The molecule has 0 spiro atoms. The highest BCUT2D eigenvalue weighted by atomic mass is 32.1. The predicted octanol–water partition coefficient (Wildman–Crippen LogP) is 2.39. The van der Waals surface area contributed by atoms with Crippen LogP contribution in [0.1, 0.15) is 27.7 Å². The molecule has 0 atom stereocenters. The van der Waals surface area contributed by atoms with Crippen LogP contribution >= 0.6 is 11.3 Å². The van der Waals surface area contributed by atoms with Gasteiger partial charge in [-0.1, -0.05) is 12.1 Å². The Labute approximate surface area is 113 Å². The van der Waals surface area contributed by atoms with Crippen molar-refractivity contribution in [2.75, 3.05) is 5.32 Å². The summed E-state index contributed by atoms with van der Waals surface area (Å²) in [4.78, 5) is 26.8. The monoisotopic (exact) mass is 276 g/mol. The van der Waals surface area contributed by atoms with Crippen LogP contribution < -0.4 is 5.32 Å². The van der Waals surface area contributed by atoms with Crippen molar-refractivity contribution < 1.29 is 14.7 Å². The van der Waals surface area contributed by atoms with E-state index in [1.807, 2.05) is 6.07 Å². The number of anilines is 1. The van der Waals surface area contributed by atoms with Crippen LogP contribution in [0.5, 0.6) is 0 Å². The van der Waals surface area contributed by atoms with Crippen molar-refractivity contribution in [3.05, 3.63) is 46.5 Å². The van der Waals surface area contributed by atoms with Gasteiger partial charge in [-0.2, -0.15) is 0 Å².